The van der Waals surface area contributed by atoms with Crippen LogP contribution >= 0.6 is 0 Å². The van der Waals surface area contributed by atoms with Crippen molar-refractivity contribution in [2.75, 3.05) is 36.4 Å². The van der Waals surface area contributed by atoms with Gasteiger partial charge in [0.2, 0.25) is 5.88 Å². The van der Waals surface area contributed by atoms with Crippen LogP contribution in [0.15, 0.2) is 41.1 Å². The number of nitrogens with zero attached hydrogens (tertiary/aromatic N) is 4. The van der Waals surface area contributed by atoms with Gasteiger partial charge in [-0.2, -0.15) is 0 Å². The number of hydrogen-bond acceptors (Lipinski definition) is 5. The van der Waals surface area contributed by atoms with E-state index in [1.54, 1.807) is 17.2 Å². The highest BCUT2D eigenvalue weighted by Crippen LogP contribution is 2.26. The molecule has 0 radical (unpaired) electrons. The molecule has 3 heterocycles. The lowest BCUT2D eigenvalue weighted by Crippen LogP contribution is -2.50. The second-order valence-electron chi connectivity index (χ2n) is 7.15. The molecule has 0 atom stereocenters. The quantitative estimate of drug-likeness (QED) is 0.703. The molecular weight excluding hydrogens is 392 g/mol. The van der Waals surface area contributed by atoms with Crippen LogP contribution in [0.1, 0.15) is 11.3 Å². The molecule has 3 aromatic rings. The number of nitrogens with one attached hydrogen (secondary N) is 1. The molecule has 1 fully saturated rings. The van der Waals surface area contributed by atoms with Gasteiger partial charge in [0.1, 0.15) is 11.6 Å². The van der Waals surface area contributed by atoms with Gasteiger partial charge in [0.25, 0.3) is 0 Å². The number of amides is 2. The molecule has 0 saturated carbocycles. The van der Waals surface area contributed by atoms with Crippen LogP contribution in [-0.2, 0) is 0 Å². The van der Waals surface area contributed by atoms with Gasteiger partial charge in [-0.25, -0.2) is 13.6 Å². The molecule has 0 spiro atoms. The largest absolute Gasteiger partial charge is 0.368 e. The van der Waals surface area contributed by atoms with Crippen molar-refractivity contribution in [3.63, 3.8) is 0 Å². The minimum absolute atomic E-state index is 0.238. The summed E-state index contributed by atoms with van der Waals surface area (Å²) in [5, 5.41) is 6.59. The summed E-state index contributed by atoms with van der Waals surface area (Å²) in [5.41, 5.74) is 3.08. The van der Waals surface area contributed by atoms with Gasteiger partial charge in [0, 0.05) is 55.3 Å². The Bertz CT molecular complexity index is 1080. The number of hydrogen-bond donors (Lipinski definition) is 1. The van der Waals surface area contributed by atoms with Crippen LogP contribution in [0.25, 0.3) is 11.3 Å². The monoisotopic (exact) mass is 413 g/mol. The molecule has 2 amide bonds. The molecule has 4 rings (SSSR count). The Morgan fingerprint density at radius 2 is 1.87 bits per heavy atom. The number of rotatable bonds is 3. The minimum Gasteiger partial charge on any atom is -0.368 e. The lowest BCUT2D eigenvalue weighted by Gasteiger charge is -2.36. The fourth-order valence-electron chi connectivity index (χ4n) is 3.34. The van der Waals surface area contributed by atoms with E-state index < -0.39 is 11.6 Å². The summed E-state index contributed by atoms with van der Waals surface area (Å²) < 4.78 is 32.4. The highest BCUT2D eigenvalue weighted by molar-refractivity contribution is 5.88. The van der Waals surface area contributed by atoms with Gasteiger partial charge in [-0.15, -0.1) is 0 Å². The van der Waals surface area contributed by atoms with Crippen molar-refractivity contribution in [1.29, 1.82) is 0 Å². The van der Waals surface area contributed by atoms with Crippen LogP contribution in [0, 0.1) is 25.5 Å². The lowest BCUT2D eigenvalue weighted by atomic mass is 10.1. The zero-order chi connectivity index (χ0) is 21.3. The number of anilines is 2. The van der Waals surface area contributed by atoms with Gasteiger partial charge in [-0.3, -0.25) is 10.3 Å². The van der Waals surface area contributed by atoms with E-state index in [4.69, 9.17) is 4.52 Å². The van der Waals surface area contributed by atoms with Crippen molar-refractivity contribution in [3.05, 3.63) is 59.4 Å². The van der Waals surface area contributed by atoms with Gasteiger partial charge in [-0.1, -0.05) is 5.16 Å². The van der Waals surface area contributed by atoms with E-state index in [0.717, 1.165) is 23.0 Å². The summed E-state index contributed by atoms with van der Waals surface area (Å²) >= 11 is 0. The Labute approximate surface area is 172 Å². The maximum absolute atomic E-state index is 14.1. The SMILES string of the molecule is Cc1noc(NC(=O)N2CCN(c3ccnc(-c4ccc(F)cc4F)c3)CC2)c1C. The highest BCUT2D eigenvalue weighted by atomic mass is 19.1. The number of pyridine rings is 1. The first-order chi connectivity index (χ1) is 14.4. The lowest BCUT2D eigenvalue weighted by molar-refractivity contribution is 0.207. The minimum atomic E-state index is -0.654. The summed E-state index contributed by atoms with van der Waals surface area (Å²) in [6.07, 6.45) is 1.60. The van der Waals surface area contributed by atoms with E-state index in [-0.39, 0.29) is 11.6 Å². The Hall–Kier alpha value is -3.49. The summed E-state index contributed by atoms with van der Waals surface area (Å²) in [6, 6.07) is 6.80. The van der Waals surface area contributed by atoms with Crippen molar-refractivity contribution < 1.29 is 18.1 Å². The van der Waals surface area contributed by atoms with Gasteiger partial charge >= 0.3 is 6.03 Å². The van der Waals surface area contributed by atoms with Crippen molar-refractivity contribution in [3.8, 4) is 11.3 Å². The molecule has 0 bridgehead atoms. The molecule has 1 saturated heterocycles. The summed E-state index contributed by atoms with van der Waals surface area (Å²) in [7, 11) is 0. The second-order valence-corrected chi connectivity index (χ2v) is 7.15. The molecule has 0 unspecified atom stereocenters. The summed E-state index contributed by atoms with van der Waals surface area (Å²) in [5.74, 6) is -0.920. The zero-order valence-corrected chi connectivity index (χ0v) is 16.7. The molecular formula is C21H21F2N5O2. The van der Waals surface area contributed by atoms with Crippen molar-refractivity contribution in [1.82, 2.24) is 15.0 Å². The van der Waals surface area contributed by atoms with Crippen LogP contribution in [0.4, 0.5) is 25.1 Å². The van der Waals surface area contributed by atoms with Gasteiger partial charge in [0.05, 0.1) is 11.4 Å². The average molecular weight is 413 g/mol. The Morgan fingerprint density at radius 3 is 2.53 bits per heavy atom. The number of halogens is 2. The fraction of sp³-hybridized carbons (Fsp3) is 0.286. The maximum atomic E-state index is 14.1. The average Bonchev–Trinajstić information content (AvgIpc) is 3.06. The molecule has 9 heteroatoms. The van der Waals surface area contributed by atoms with Crippen LogP contribution in [0.2, 0.25) is 0 Å². The number of aromatic nitrogens is 2. The first-order valence-corrected chi connectivity index (χ1v) is 9.57. The van der Waals surface area contributed by atoms with Crippen LogP contribution < -0.4 is 10.2 Å². The topological polar surface area (TPSA) is 74.5 Å². The molecule has 30 heavy (non-hydrogen) atoms. The van der Waals surface area contributed by atoms with E-state index >= 15 is 0 Å². The molecule has 2 aromatic heterocycles. The third-order valence-electron chi connectivity index (χ3n) is 5.26. The molecule has 1 N–H and O–H groups in total. The predicted molar refractivity (Wildman–Crippen MR) is 108 cm³/mol. The van der Waals surface area contributed by atoms with Gasteiger partial charge in [-0.05, 0) is 38.1 Å². The predicted octanol–water partition coefficient (Wildman–Crippen LogP) is 3.99. The third kappa shape index (κ3) is 3.96. The van der Waals surface area contributed by atoms with Crippen molar-refractivity contribution in [2.45, 2.75) is 13.8 Å². The van der Waals surface area contributed by atoms with E-state index in [1.807, 2.05) is 19.9 Å². The standard InChI is InChI=1S/C21H21F2N5O2/c1-13-14(2)26-30-20(13)25-21(29)28-9-7-27(8-10-28)16-5-6-24-19(12-16)17-4-3-15(22)11-18(17)23/h3-6,11-12H,7-10H2,1-2H3,(H,25,29). The van der Waals surface area contributed by atoms with E-state index in [0.29, 0.717) is 37.8 Å². The molecule has 156 valence electrons. The molecule has 1 aromatic carbocycles. The van der Waals surface area contributed by atoms with Crippen LogP contribution in [0.5, 0.6) is 0 Å². The Morgan fingerprint density at radius 1 is 1.10 bits per heavy atom. The number of carbonyl (C=O) groups is 1. The number of urea groups is 1. The fourth-order valence-corrected chi connectivity index (χ4v) is 3.34. The Balaban J connectivity index is 1.42. The van der Waals surface area contributed by atoms with E-state index in [2.05, 4.69) is 20.4 Å². The first-order valence-electron chi connectivity index (χ1n) is 9.57. The number of benzene rings is 1. The molecule has 0 aliphatic carbocycles. The van der Waals surface area contributed by atoms with Crippen LogP contribution in [-0.4, -0.2) is 47.3 Å². The molecule has 1 aliphatic heterocycles. The number of carbonyl (C=O) groups excluding carboxylic acids is 1. The maximum Gasteiger partial charge on any atom is 0.324 e. The molecule has 1 aliphatic rings. The van der Waals surface area contributed by atoms with Crippen LogP contribution in [0.3, 0.4) is 0 Å². The van der Waals surface area contributed by atoms with E-state index in [9.17, 15) is 13.6 Å². The van der Waals surface area contributed by atoms with Crippen molar-refractivity contribution >= 4 is 17.6 Å². The first kappa shape index (κ1) is 19.8. The van der Waals surface area contributed by atoms with Crippen molar-refractivity contribution in [2.24, 2.45) is 0 Å². The normalized spacial score (nSPS) is 14.1. The third-order valence-corrected chi connectivity index (χ3v) is 5.26. The summed E-state index contributed by atoms with van der Waals surface area (Å²) in [6.45, 7) is 5.90. The molecule has 7 nitrogen and oxygen atoms in total. The van der Waals surface area contributed by atoms with Gasteiger partial charge in [0.15, 0.2) is 0 Å². The Kier molecular flexibility index (Phi) is 5.35. The highest BCUT2D eigenvalue weighted by Gasteiger charge is 2.23. The van der Waals surface area contributed by atoms with E-state index in [1.165, 1.54) is 12.1 Å². The zero-order valence-electron chi connectivity index (χ0n) is 16.7. The number of piperazine rings is 1. The summed E-state index contributed by atoms with van der Waals surface area (Å²) in [4.78, 5) is 20.5. The second kappa shape index (κ2) is 8.10. The van der Waals surface area contributed by atoms with Gasteiger partial charge < -0.3 is 14.3 Å². The number of aryl methyl sites for hydroxylation is 1. The smallest absolute Gasteiger partial charge is 0.324 e.